The van der Waals surface area contributed by atoms with Crippen LogP contribution in [0, 0.1) is 5.92 Å². The second-order valence-corrected chi connectivity index (χ2v) is 6.87. The van der Waals surface area contributed by atoms with Crippen LogP contribution in [0.25, 0.3) is 0 Å². The largest absolute Gasteiger partial charge is 0.388 e. The van der Waals surface area contributed by atoms with Gasteiger partial charge in [-0.15, -0.1) is 0 Å². The highest BCUT2D eigenvalue weighted by Crippen LogP contribution is 2.28. The number of fused-ring (bicyclic) bond motifs is 1. The molecule has 1 aromatic heterocycles. The summed E-state index contributed by atoms with van der Waals surface area (Å²) in [6.07, 6.45) is 5.82. The normalized spacial score (nSPS) is 28.7. The molecule has 1 fully saturated rings. The Morgan fingerprint density at radius 3 is 2.95 bits per heavy atom. The van der Waals surface area contributed by atoms with Crippen LogP contribution in [-0.4, -0.2) is 44.8 Å². The summed E-state index contributed by atoms with van der Waals surface area (Å²) < 4.78 is 0. The van der Waals surface area contributed by atoms with Crippen molar-refractivity contribution in [3.63, 3.8) is 0 Å². The number of aromatic nitrogens is 2. The minimum atomic E-state index is -0.749. The van der Waals surface area contributed by atoms with Crippen LogP contribution in [0.15, 0.2) is 0 Å². The first-order chi connectivity index (χ1) is 9.97. The summed E-state index contributed by atoms with van der Waals surface area (Å²) in [6, 6.07) is 0. The van der Waals surface area contributed by atoms with Gasteiger partial charge in [0.25, 0.3) is 0 Å². The van der Waals surface area contributed by atoms with E-state index in [0.29, 0.717) is 25.9 Å². The van der Waals surface area contributed by atoms with Gasteiger partial charge in [0.1, 0.15) is 0 Å². The third-order valence-corrected chi connectivity index (χ3v) is 5.14. The molecule has 0 spiro atoms. The van der Waals surface area contributed by atoms with E-state index in [1.165, 1.54) is 24.1 Å². The summed E-state index contributed by atoms with van der Waals surface area (Å²) in [4.78, 5) is 14.1. The molecule has 1 amide bonds. The van der Waals surface area contributed by atoms with Crippen molar-refractivity contribution in [3.05, 3.63) is 17.0 Å². The molecule has 1 saturated heterocycles. The molecule has 2 N–H and O–H groups in total. The van der Waals surface area contributed by atoms with Gasteiger partial charge in [0.2, 0.25) is 5.91 Å². The van der Waals surface area contributed by atoms with E-state index >= 15 is 0 Å². The summed E-state index contributed by atoms with van der Waals surface area (Å²) in [5, 5.41) is 17.7. The number of H-pyrrole nitrogens is 1. The van der Waals surface area contributed by atoms with Crippen LogP contribution in [0.2, 0.25) is 0 Å². The number of carbonyl (C=O) groups is 1. The Bertz CT molecular complexity index is 536. The number of aliphatic hydroxyl groups is 1. The maximum atomic E-state index is 12.3. The smallest absolute Gasteiger partial charge is 0.223 e. The summed E-state index contributed by atoms with van der Waals surface area (Å²) in [7, 11) is 0. The number of nitrogens with zero attached hydrogens (tertiary/aromatic N) is 2. The summed E-state index contributed by atoms with van der Waals surface area (Å²) >= 11 is 0. The lowest BCUT2D eigenvalue weighted by Gasteiger charge is -2.20. The first-order valence-corrected chi connectivity index (χ1v) is 8.02. The zero-order valence-corrected chi connectivity index (χ0v) is 13.0. The van der Waals surface area contributed by atoms with Gasteiger partial charge in [-0.05, 0) is 38.2 Å². The average molecular weight is 291 g/mol. The number of carbonyl (C=O) groups excluding carboxylic acids is 1. The number of hydrogen-bond acceptors (Lipinski definition) is 3. The molecule has 5 heteroatoms. The minimum Gasteiger partial charge on any atom is -0.388 e. The quantitative estimate of drug-likeness (QED) is 0.885. The number of hydrogen-bond donors (Lipinski definition) is 2. The highest BCUT2D eigenvalue weighted by atomic mass is 16.3. The Kier molecular flexibility index (Phi) is 3.78. The zero-order chi connectivity index (χ0) is 15.0. The van der Waals surface area contributed by atoms with Crippen molar-refractivity contribution in [1.82, 2.24) is 15.1 Å². The third kappa shape index (κ3) is 2.84. The Hall–Kier alpha value is -1.36. The molecule has 2 heterocycles. The molecule has 1 aromatic rings. The van der Waals surface area contributed by atoms with Crippen molar-refractivity contribution >= 4 is 5.91 Å². The van der Waals surface area contributed by atoms with Crippen molar-refractivity contribution in [2.24, 2.45) is 5.92 Å². The number of aromatic amines is 1. The Morgan fingerprint density at radius 1 is 1.48 bits per heavy atom. The van der Waals surface area contributed by atoms with Crippen LogP contribution < -0.4 is 0 Å². The SMILES string of the molecule is C[C@@H]1CN(C(=O)CCc2n[nH]c3c2CCCC3)C[C@]1(C)O. The van der Waals surface area contributed by atoms with E-state index in [1.54, 1.807) is 4.90 Å². The minimum absolute atomic E-state index is 0.132. The van der Waals surface area contributed by atoms with E-state index in [1.807, 2.05) is 13.8 Å². The summed E-state index contributed by atoms with van der Waals surface area (Å²) in [5.41, 5.74) is 2.93. The lowest BCUT2D eigenvalue weighted by Crippen LogP contribution is -2.35. The molecular weight excluding hydrogens is 266 g/mol. The Balaban J connectivity index is 1.58. The van der Waals surface area contributed by atoms with Crippen molar-refractivity contribution in [2.45, 2.75) is 58.0 Å². The number of rotatable bonds is 3. The van der Waals surface area contributed by atoms with Gasteiger partial charge in [-0.25, -0.2) is 0 Å². The number of likely N-dealkylation sites (tertiary alicyclic amines) is 1. The molecule has 0 radical (unpaired) electrons. The second-order valence-electron chi connectivity index (χ2n) is 6.87. The average Bonchev–Trinajstić information content (AvgIpc) is 2.98. The van der Waals surface area contributed by atoms with Crippen LogP contribution in [-0.2, 0) is 24.1 Å². The van der Waals surface area contributed by atoms with Crippen molar-refractivity contribution in [1.29, 1.82) is 0 Å². The number of β-amino-alcohol motifs (C(OH)–C–C–N with tert-alkyl or cyclic N) is 1. The van der Waals surface area contributed by atoms with Crippen LogP contribution in [0.5, 0.6) is 0 Å². The van der Waals surface area contributed by atoms with E-state index in [2.05, 4.69) is 10.2 Å². The molecule has 0 aromatic carbocycles. The molecule has 0 bridgehead atoms. The van der Waals surface area contributed by atoms with Gasteiger partial charge in [0.15, 0.2) is 0 Å². The van der Waals surface area contributed by atoms with Gasteiger partial charge in [0.05, 0.1) is 11.3 Å². The first kappa shape index (κ1) is 14.6. The molecule has 5 nitrogen and oxygen atoms in total. The van der Waals surface area contributed by atoms with E-state index in [-0.39, 0.29) is 11.8 Å². The lowest BCUT2D eigenvalue weighted by molar-refractivity contribution is -0.131. The van der Waals surface area contributed by atoms with Crippen molar-refractivity contribution in [3.8, 4) is 0 Å². The zero-order valence-electron chi connectivity index (χ0n) is 13.0. The molecule has 2 aliphatic rings. The second kappa shape index (κ2) is 5.44. The first-order valence-electron chi connectivity index (χ1n) is 8.02. The maximum Gasteiger partial charge on any atom is 0.223 e. The Labute approximate surface area is 125 Å². The van der Waals surface area contributed by atoms with Gasteiger partial charge in [0, 0.05) is 37.5 Å². The van der Waals surface area contributed by atoms with E-state index < -0.39 is 5.60 Å². The monoisotopic (exact) mass is 291 g/mol. The highest BCUT2D eigenvalue weighted by molar-refractivity contribution is 5.77. The van der Waals surface area contributed by atoms with Gasteiger partial charge >= 0.3 is 0 Å². The highest BCUT2D eigenvalue weighted by Gasteiger charge is 2.40. The van der Waals surface area contributed by atoms with Gasteiger partial charge in [-0.1, -0.05) is 6.92 Å². The predicted molar refractivity (Wildman–Crippen MR) is 79.9 cm³/mol. The van der Waals surface area contributed by atoms with E-state index in [9.17, 15) is 9.90 Å². The lowest BCUT2D eigenvalue weighted by atomic mass is 9.94. The molecule has 116 valence electrons. The van der Waals surface area contributed by atoms with Gasteiger partial charge < -0.3 is 10.0 Å². The molecule has 1 aliphatic carbocycles. The summed E-state index contributed by atoms with van der Waals surface area (Å²) in [5.74, 6) is 0.270. The maximum absolute atomic E-state index is 12.3. The van der Waals surface area contributed by atoms with Crippen LogP contribution in [0.1, 0.15) is 50.1 Å². The fourth-order valence-corrected chi connectivity index (χ4v) is 3.46. The van der Waals surface area contributed by atoms with Crippen LogP contribution >= 0.6 is 0 Å². The fourth-order valence-electron chi connectivity index (χ4n) is 3.46. The van der Waals surface area contributed by atoms with E-state index in [4.69, 9.17) is 0 Å². The predicted octanol–water partition coefficient (Wildman–Crippen LogP) is 1.45. The van der Waals surface area contributed by atoms with E-state index in [0.717, 1.165) is 18.5 Å². The van der Waals surface area contributed by atoms with Gasteiger partial charge in [-0.3, -0.25) is 9.89 Å². The van der Waals surface area contributed by atoms with Crippen LogP contribution in [0.4, 0.5) is 0 Å². The summed E-state index contributed by atoms with van der Waals surface area (Å²) in [6.45, 7) is 4.92. The number of nitrogens with one attached hydrogen (secondary N) is 1. The fraction of sp³-hybridized carbons (Fsp3) is 0.750. The molecule has 21 heavy (non-hydrogen) atoms. The molecule has 1 aliphatic heterocycles. The molecule has 3 rings (SSSR count). The molecular formula is C16H25N3O2. The van der Waals surface area contributed by atoms with Gasteiger partial charge in [-0.2, -0.15) is 5.10 Å². The Morgan fingerprint density at radius 2 is 2.24 bits per heavy atom. The standard InChI is InChI=1S/C16H25N3O2/c1-11-9-19(10-16(11,2)21)15(20)8-7-14-12-5-3-4-6-13(12)17-18-14/h11,21H,3-10H2,1-2H3,(H,17,18)/t11-,16+/m1/s1. The number of aryl methyl sites for hydroxylation is 2. The third-order valence-electron chi connectivity index (χ3n) is 5.14. The van der Waals surface area contributed by atoms with Crippen LogP contribution in [0.3, 0.4) is 0 Å². The number of amides is 1. The molecule has 0 unspecified atom stereocenters. The van der Waals surface area contributed by atoms with Crippen molar-refractivity contribution < 1.29 is 9.90 Å². The van der Waals surface area contributed by atoms with Crippen molar-refractivity contribution in [2.75, 3.05) is 13.1 Å². The molecule has 2 atom stereocenters. The molecule has 0 saturated carbocycles. The topological polar surface area (TPSA) is 69.2 Å².